The molecule has 0 aliphatic carbocycles. The molecule has 0 aliphatic heterocycles. The van der Waals surface area contributed by atoms with Gasteiger partial charge in [0.15, 0.2) is 0 Å². The summed E-state index contributed by atoms with van der Waals surface area (Å²) in [5.41, 5.74) is 1.25. The maximum Gasteiger partial charge on any atom is 0.0954 e. The van der Waals surface area contributed by atoms with E-state index < -0.39 is 0 Å². The fraction of sp³-hybridized carbons (Fsp3) is 0.769. The molecule has 1 rings (SSSR count). The first-order valence-electron chi connectivity index (χ1n) is 6.48. The van der Waals surface area contributed by atoms with E-state index in [9.17, 15) is 0 Å². The molecule has 17 heavy (non-hydrogen) atoms. The minimum Gasteiger partial charge on any atom is -0.384 e. The minimum atomic E-state index is 0.763. The van der Waals surface area contributed by atoms with Crippen molar-refractivity contribution in [2.45, 2.75) is 46.1 Å². The van der Waals surface area contributed by atoms with E-state index in [0.717, 1.165) is 32.5 Å². The molecule has 0 radical (unpaired) electrons. The van der Waals surface area contributed by atoms with Crippen LogP contribution in [0.3, 0.4) is 0 Å². The zero-order valence-electron chi connectivity index (χ0n) is 11.2. The van der Waals surface area contributed by atoms with Crippen LogP contribution in [0.1, 0.15) is 42.3 Å². The van der Waals surface area contributed by atoms with E-state index in [-0.39, 0.29) is 0 Å². The van der Waals surface area contributed by atoms with E-state index in [1.165, 1.54) is 28.4 Å². The van der Waals surface area contributed by atoms with Gasteiger partial charge in [-0.3, -0.25) is 0 Å². The Morgan fingerprint density at radius 2 is 2.18 bits per heavy atom. The van der Waals surface area contributed by atoms with Crippen LogP contribution >= 0.6 is 11.3 Å². The highest BCUT2D eigenvalue weighted by atomic mass is 32.1. The van der Waals surface area contributed by atoms with Crippen molar-refractivity contribution in [1.29, 1.82) is 0 Å². The lowest BCUT2D eigenvalue weighted by molar-refractivity contribution is 0.202. The number of thiazole rings is 1. The summed E-state index contributed by atoms with van der Waals surface area (Å²) < 4.78 is 5.09. The van der Waals surface area contributed by atoms with Crippen LogP contribution in [0.25, 0.3) is 0 Å². The largest absolute Gasteiger partial charge is 0.384 e. The molecular formula is C13H24N2OS. The lowest BCUT2D eigenvalue weighted by Gasteiger charge is -2.02. The van der Waals surface area contributed by atoms with Crippen molar-refractivity contribution in [3.05, 3.63) is 15.6 Å². The van der Waals surface area contributed by atoms with Gasteiger partial charge in [-0.05, 0) is 19.4 Å². The Morgan fingerprint density at radius 3 is 2.82 bits per heavy atom. The van der Waals surface area contributed by atoms with Crippen molar-refractivity contribution in [2.75, 3.05) is 20.3 Å². The maximum atomic E-state index is 5.09. The van der Waals surface area contributed by atoms with Crippen molar-refractivity contribution in [1.82, 2.24) is 10.3 Å². The van der Waals surface area contributed by atoms with Crippen LogP contribution in [0.15, 0.2) is 0 Å². The third kappa shape index (κ3) is 5.15. The van der Waals surface area contributed by atoms with Crippen LogP contribution in [0.5, 0.6) is 0 Å². The van der Waals surface area contributed by atoms with Gasteiger partial charge in [0.05, 0.1) is 17.3 Å². The Kier molecular flexibility index (Phi) is 7.40. The number of hydrogen-bond donors (Lipinski definition) is 1. The number of methoxy groups -OCH3 is 1. The van der Waals surface area contributed by atoms with Crippen LogP contribution in [0, 0.1) is 0 Å². The van der Waals surface area contributed by atoms with Crippen LogP contribution < -0.4 is 5.32 Å². The first-order valence-corrected chi connectivity index (χ1v) is 7.30. The van der Waals surface area contributed by atoms with Gasteiger partial charge in [0.2, 0.25) is 0 Å². The van der Waals surface area contributed by atoms with Crippen molar-refractivity contribution in [3.8, 4) is 0 Å². The second-order valence-electron chi connectivity index (χ2n) is 4.10. The van der Waals surface area contributed by atoms with Crippen molar-refractivity contribution < 1.29 is 4.74 Å². The highest BCUT2D eigenvalue weighted by molar-refractivity contribution is 7.11. The highest BCUT2D eigenvalue weighted by Crippen LogP contribution is 2.19. The molecule has 0 unspecified atom stereocenters. The van der Waals surface area contributed by atoms with Gasteiger partial charge in [-0.2, -0.15) is 0 Å². The maximum absolute atomic E-state index is 5.09. The summed E-state index contributed by atoms with van der Waals surface area (Å²) in [6.45, 7) is 7.22. The molecule has 0 atom stereocenters. The number of nitrogens with one attached hydrogen (secondary N) is 1. The zero-order chi connectivity index (χ0) is 12.5. The minimum absolute atomic E-state index is 0.763. The van der Waals surface area contributed by atoms with E-state index >= 15 is 0 Å². The van der Waals surface area contributed by atoms with Gasteiger partial charge in [0.25, 0.3) is 0 Å². The van der Waals surface area contributed by atoms with Gasteiger partial charge >= 0.3 is 0 Å². The molecular weight excluding hydrogens is 232 g/mol. The predicted molar refractivity (Wildman–Crippen MR) is 73.7 cm³/mol. The van der Waals surface area contributed by atoms with Crippen molar-refractivity contribution >= 4 is 11.3 Å². The SMILES string of the molecule is CCCCNCc1sc(CCOC)nc1CC. The Labute approximate surface area is 109 Å². The fourth-order valence-electron chi connectivity index (χ4n) is 1.65. The van der Waals surface area contributed by atoms with E-state index in [4.69, 9.17) is 4.74 Å². The van der Waals surface area contributed by atoms with Gasteiger partial charge in [-0.15, -0.1) is 11.3 Å². The summed E-state index contributed by atoms with van der Waals surface area (Å²) in [5.74, 6) is 0. The predicted octanol–water partition coefficient (Wildman–Crippen LogP) is 2.78. The molecule has 1 aromatic heterocycles. The van der Waals surface area contributed by atoms with Gasteiger partial charge in [-0.25, -0.2) is 4.98 Å². The van der Waals surface area contributed by atoms with E-state index in [1.54, 1.807) is 7.11 Å². The Bertz CT molecular complexity index is 312. The number of hydrogen-bond acceptors (Lipinski definition) is 4. The second-order valence-corrected chi connectivity index (χ2v) is 5.27. The molecule has 0 spiro atoms. The molecule has 0 bridgehead atoms. The Balaban J connectivity index is 2.47. The monoisotopic (exact) mass is 256 g/mol. The number of aromatic nitrogens is 1. The summed E-state index contributed by atoms with van der Waals surface area (Å²) >= 11 is 1.83. The van der Waals surface area contributed by atoms with Crippen LogP contribution in [0.2, 0.25) is 0 Å². The Morgan fingerprint density at radius 1 is 1.35 bits per heavy atom. The molecule has 0 amide bonds. The molecule has 0 aromatic carbocycles. The van der Waals surface area contributed by atoms with E-state index in [0.29, 0.717) is 0 Å². The van der Waals surface area contributed by atoms with E-state index in [1.807, 2.05) is 11.3 Å². The smallest absolute Gasteiger partial charge is 0.0954 e. The summed E-state index contributed by atoms with van der Waals surface area (Å²) in [5, 5.41) is 4.69. The molecule has 4 heteroatoms. The molecule has 3 nitrogen and oxygen atoms in total. The number of rotatable bonds is 9. The third-order valence-electron chi connectivity index (χ3n) is 2.67. The lowest BCUT2D eigenvalue weighted by atomic mass is 10.3. The molecule has 0 saturated carbocycles. The lowest BCUT2D eigenvalue weighted by Crippen LogP contribution is -2.14. The summed E-state index contributed by atoms with van der Waals surface area (Å²) in [6, 6.07) is 0. The average molecular weight is 256 g/mol. The van der Waals surface area contributed by atoms with Gasteiger partial charge in [0.1, 0.15) is 0 Å². The molecule has 98 valence electrons. The number of aryl methyl sites for hydroxylation is 1. The average Bonchev–Trinajstić information content (AvgIpc) is 2.74. The topological polar surface area (TPSA) is 34.1 Å². The normalized spacial score (nSPS) is 11.0. The third-order valence-corrected chi connectivity index (χ3v) is 3.83. The van der Waals surface area contributed by atoms with Crippen LogP contribution in [-0.4, -0.2) is 25.2 Å². The number of unbranched alkanes of at least 4 members (excludes halogenated alkanes) is 1. The first-order chi connectivity index (χ1) is 8.31. The summed E-state index contributed by atoms with van der Waals surface area (Å²) in [7, 11) is 1.74. The van der Waals surface area contributed by atoms with Crippen LogP contribution in [0.4, 0.5) is 0 Å². The molecule has 0 saturated heterocycles. The molecule has 0 fully saturated rings. The Hall–Kier alpha value is -0.450. The number of ether oxygens (including phenoxy) is 1. The molecule has 0 aliphatic rings. The van der Waals surface area contributed by atoms with Gasteiger partial charge < -0.3 is 10.1 Å². The van der Waals surface area contributed by atoms with Gasteiger partial charge in [0, 0.05) is 25.0 Å². The standard InChI is InChI=1S/C13H24N2OS/c1-4-6-8-14-10-12-11(5-2)15-13(17-12)7-9-16-3/h14H,4-10H2,1-3H3. The highest BCUT2D eigenvalue weighted by Gasteiger charge is 2.08. The molecule has 1 heterocycles. The second kappa shape index (κ2) is 8.61. The van der Waals surface area contributed by atoms with Crippen molar-refractivity contribution in [2.24, 2.45) is 0 Å². The fourth-order valence-corrected chi connectivity index (χ4v) is 2.76. The van der Waals surface area contributed by atoms with Gasteiger partial charge in [-0.1, -0.05) is 20.3 Å². The zero-order valence-corrected chi connectivity index (χ0v) is 12.0. The quantitative estimate of drug-likeness (QED) is 0.690. The molecule has 1 aromatic rings. The van der Waals surface area contributed by atoms with E-state index in [2.05, 4.69) is 24.1 Å². The summed E-state index contributed by atoms with van der Waals surface area (Å²) in [6.07, 6.45) is 4.45. The molecule has 1 N–H and O–H groups in total. The summed E-state index contributed by atoms with van der Waals surface area (Å²) in [4.78, 5) is 6.06. The first kappa shape index (κ1) is 14.6. The van der Waals surface area contributed by atoms with Crippen molar-refractivity contribution in [3.63, 3.8) is 0 Å². The number of nitrogens with zero attached hydrogens (tertiary/aromatic N) is 1. The van der Waals surface area contributed by atoms with Crippen LogP contribution in [-0.2, 0) is 24.1 Å².